The quantitative estimate of drug-likeness (QED) is 0.711. The monoisotopic (exact) mass is 354 g/mol. The molecule has 134 valence electrons. The van der Waals surface area contributed by atoms with Gasteiger partial charge in [0, 0.05) is 18.0 Å². The van der Waals surface area contributed by atoms with Crippen LogP contribution in [0.25, 0.3) is 11.1 Å². The Balaban J connectivity index is 1.38. The molecule has 0 radical (unpaired) electrons. The number of rotatable bonds is 6. The molecule has 0 aliphatic heterocycles. The first-order chi connectivity index (χ1) is 12.6. The van der Waals surface area contributed by atoms with Crippen LogP contribution in [-0.4, -0.2) is 18.0 Å². The normalized spacial score (nSPS) is 13.8. The summed E-state index contributed by atoms with van der Waals surface area (Å²) in [5.41, 5.74) is 2.92. The van der Waals surface area contributed by atoms with Crippen LogP contribution in [0, 0.1) is 5.82 Å². The van der Waals surface area contributed by atoms with Gasteiger partial charge in [-0.3, -0.25) is 4.79 Å². The lowest BCUT2D eigenvalue weighted by atomic mass is 10.1. The molecule has 1 fully saturated rings. The van der Waals surface area contributed by atoms with Crippen molar-refractivity contribution in [3.05, 3.63) is 53.7 Å². The average Bonchev–Trinajstić information content (AvgIpc) is 3.40. The maximum Gasteiger partial charge on any atom is 0.224 e. The van der Waals surface area contributed by atoms with E-state index >= 15 is 0 Å². The highest BCUT2D eigenvalue weighted by molar-refractivity contribution is 5.92. The van der Waals surface area contributed by atoms with Crippen LogP contribution in [0.15, 0.2) is 40.8 Å². The first-order valence-electron chi connectivity index (χ1n) is 8.65. The zero-order valence-corrected chi connectivity index (χ0v) is 14.4. The van der Waals surface area contributed by atoms with Crippen molar-refractivity contribution in [1.82, 2.24) is 4.98 Å². The number of methoxy groups -OCH3 is 1. The third kappa shape index (κ3) is 3.54. The van der Waals surface area contributed by atoms with Crippen LogP contribution < -0.4 is 10.1 Å². The number of hydrogen-bond acceptors (Lipinski definition) is 4. The molecule has 2 aromatic carbocycles. The molecule has 6 heteroatoms. The lowest BCUT2D eigenvalue weighted by Gasteiger charge is -2.07. The molecule has 1 amide bonds. The summed E-state index contributed by atoms with van der Waals surface area (Å²) in [5.74, 6) is 0.875. The van der Waals surface area contributed by atoms with Crippen molar-refractivity contribution in [1.29, 1.82) is 0 Å². The third-order valence-electron chi connectivity index (χ3n) is 4.47. The van der Waals surface area contributed by atoms with Crippen LogP contribution in [0.4, 0.5) is 10.1 Å². The Kier molecular flexibility index (Phi) is 4.32. The SMILES string of the molecule is COc1ccc(CCC(=O)Nc2ccc3oc(C4CC4)nc3c2)cc1F. The molecule has 0 spiro atoms. The second-order valence-corrected chi connectivity index (χ2v) is 6.53. The summed E-state index contributed by atoms with van der Waals surface area (Å²) >= 11 is 0. The highest BCUT2D eigenvalue weighted by atomic mass is 19.1. The van der Waals surface area contributed by atoms with E-state index in [1.165, 1.54) is 13.2 Å². The standard InChI is InChI=1S/C20H19FN2O3/c1-25-17-7-2-12(10-15(17)21)3-9-19(24)22-14-6-8-18-16(11-14)23-20(26-18)13-4-5-13/h2,6-8,10-11,13H,3-5,9H2,1H3,(H,22,24). The molecule has 1 aliphatic rings. The topological polar surface area (TPSA) is 64.4 Å². The van der Waals surface area contributed by atoms with E-state index in [4.69, 9.17) is 9.15 Å². The van der Waals surface area contributed by atoms with Gasteiger partial charge >= 0.3 is 0 Å². The van der Waals surface area contributed by atoms with E-state index in [9.17, 15) is 9.18 Å². The number of nitrogens with one attached hydrogen (secondary N) is 1. The van der Waals surface area contributed by atoms with Crippen LogP contribution in [-0.2, 0) is 11.2 Å². The van der Waals surface area contributed by atoms with E-state index in [-0.39, 0.29) is 18.1 Å². The molecule has 26 heavy (non-hydrogen) atoms. The van der Waals surface area contributed by atoms with Gasteiger partial charge in [-0.25, -0.2) is 9.37 Å². The number of hydrogen-bond donors (Lipinski definition) is 1. The lowest BCUT2D eigenvalue weighted by molar-refractivity contribution is -0.116. The second-order valence-electron chi connectivity index (χ2n) is 6.53. The summed E-state index contributed by atoms with van der Waals surface area (Å²) < 4.78 is 24.3. The van der Waals surface area contributed by atoms with E-state index in [1.807, 2.05) is 12.1 Å². The first-order valence-corrected chi connectivity index (χ1v) is 8.65. The van der Waals surface area contributed by atoms with Crippen LogP contribution >= 0.6 is 0 Å². The Morgan fingerprint density at radius 3 is 2.88 bits per heavy atom. The number of benzene rings is 2. The number of nitrogens with zero attached hydrogens (tertiary/aromatic N) is 1. The zero-order valence-electron chi connectivity index (χ0n) is 14.4. The van der Waals surface area contributed by atoms with Gasteiger partial charge in [-0.1, -0.05) is 6.07 Å². The second kappa shape index (κ2) is 6.78. The predicted molar refractivity (Wildman–Crippen MR) is 95.9 cm³/mol. The molecule has 1 saturated carbocycles. The number of aryl methyl sites for hydroxylation is 1. The number of halogens is 1. The Morgan fingerprint density at radius 2 is 2.15 bits per heavy atom. The predicted octanol–water partition coefficient (Wildman–Crippen LogP) is 4.42. The summed E-state index contributed by atoms with van der Waals surface area (Å²) in [7, 11) is 1.42. The number of aromatic nitrogens is 1. The van der Waals surface area contributed by atoms with Gasteiger partial charge in [0.05, 0.1) is 7.11 Å². The van der Waals surface area contributed by atoms with Crippen molar-refractivity contribution in [2.45, 2.75) is 31.6 Å². The molecule has 0 saturated heterocycles. The molecule has 0 atom stereocenters. The van der Waals surface area contributed by atoms with Crippen molar-refractivity contribution in [3.8, 4) is 5.75 Å². The molecule has 5 nitrogen and oxygen atoms in total. The van der Waals surface area contributed by atoms with Gasteiger partial charge in [0.1, 0.15) is 5.52 Å². The van der Waals surface area contributed by atoms with Gasteiger partial charge in [-0.05, 0) is 55.2 Å². The molecule has 0 bridgehead atoms. The maximum atomic E-state index is 13.7. The minimum atomic E-state index is -0.423. The maximum absolute atomic E-state index is 13.7. The minimum absolute atomic E-state index is 0.133. The lowest BCUT2D eigenvalue weighted by Crippen LogP contribution is -2.12. The van der Waals surface area contributed by atoms with E-state index in [1.54, 1.807) is 18.2 Å². The van der Waals surface area contributed by atoms with E-state index in [0.717, 1.165) is 35.4 Å². The van der Waals surface area contributed by atoms with Gasteiger partial charge < -0.3 is 14.5 Å². The van der Waals surface area contributed by atoms with E-state index in [2.05, 4.69) is 10.3 Å². The fraction of sp³-hybridized carbons (Fsp3) is 0.300. The minimum Gasteiger partial charge on any atom is -0.494 e. The fourth-order valence-electron chi connectivity index (χ4n) is 2.87. The molecule has 3 aromatic rings. The van der Waals surface area contributed by atoms with E-state index in [0.29, 0.717) is 18.0 Å². The molecule has 1 aliphatic carbocycles. The number of ether oxygens (including phenoxy) is 1. The van der Waals surface area contributed by atoms with Gasteiger partial charge in [-0.15, -0.1) is 0 Å². The molecule has 1 aromatic heterocycles. The van der Waals surface area contributed by atoms with Crippen LogP contribution in [0.5, 0.6) is 5.75 Å². The Labute approximate surface area is 150 Å². The zero-order chi connectivity index (χ0) is 18.1. The van der Waals surface area contributed by atoms with Gasteiger partial charge in [-0.2, -0.15) is 0 Å². The molecule has 0 unspecified atom stereocenters. The number of anilines is 1. The number of oxazole rings is 1. The summed E-state index contributed by atoms with van der Waals surface area (Å²) in [4.78, 5) is 16.7. The Hall–Kier alpha value is -2.89. The highest BCUT2D eigenvalue weighted by Crippen LogP contribution is 2.40. The number of carbonyl (C=O) groups is 1. The molecular formula is C20H19FN2O3. The number of amides is 1. The number of carbonyl (C=O) groups excluding carboxylic acids is 1. The molecule has 4 rings (SSSR count). The molecular weight excluding hydrogens is 335 g/mol. The van der Waals surface area contributed by atoms with Gasteiger partial charge in [0.25, 0.3) is 0 Å². The van der Waals surface area contributed by atoms with Gasteiger partial charge in [0.2, 0.25) is 5.91 Å². The highest BCUT2D eigenvalue weighted by Gasteiger charge is 2.28. The van der Waals surface area contributed by atoms with E-state index < -0.39 is 5.82 Å². The molecule has 1 N–H and O–H groups in total. The first kappa shape index (κ1) is 16.6. The van der Waals surface area contributed by atoms with Crippen LogP contribution in [0.2, 0.25) is 0 Å². The van der Waals surface area contributed by atoms with Crippen molar-refractivity contribution in [2.24, 2.45) is 0 Å². The largest absolute Gasteiger partial charge is 0.494 e. The summed E-state index contributed by atoms with van der Waals surface area (Å²) in [6.45, 7) is 0. The van der Waals surface area contributed by atoms with Crippen LogP contribution in [0.3, 0.4) is 0 Å². The van der Waals surface area contributed by atoms with Crippen molar-refractivity contribution in [3.63, 3.8) is 0 Å². The molecule has 1 heterocycles. The Bertz CT molecular complexity index is 963. The van der Waals surface area contributed by atoms with Crippen LogP contribution in [0.1, 0.15) is 36.6 Å². The summed E-state index contributed by atoms with van der Waals surface area (Å²) in [6.07, 6.45) is 2.96. The smallest absolute Gasteiger partial charge is 0.224 e. The summed E-state index contributed by atoms with van der Waals surface area (Å²) in [5, 5.41) is 2.86. The summed E-state index contributed by atoms with van der Waals surface area (Å²) in [6, 6.07) is 10.2. The van der Waals surface area contributed by atoms with Crippen molar-refractivity contribution in [2.75, 3.05) is 12.4 Å². The van der Waals surface area contributed by atoms with Crippen molar-refractivity contribution < 1.29 is 18.3 Å². The van der Waals surface area contributed by atoms with Gasteiger partial charge in [0.15, 0.2) is 23.0 Å². The fourth-order valence-corrected chi connectivity index (χ4v) is 2.87. The third-order valence-corrected chi connectivity index (χ3v) is 4.47. The average molecular weight is 354 g/mol. The van der Waals surface area contributed by atoms with Crippen molar-refractivity contribution >= 4 is 22.7 Å². The number of fused-ring (bicyclic) bond motifs is 1. The Morgan fingerprint density at radius 1 is 1.31 bits per heavy atom.